The molecule has 1 saturated heterocycles. The Morgan fingerprint density at radius 2 is 1.67 bits per heavy atom. The molecule has 0 atom stereocenters. The molecule has 160 valence electrons. The lowest BCUT2D eigenvalue weighted by Gasteiger charge is -2.33. The molecular formula is C24H30N2O4. The van der Waals surface area contributed by atoms with Gasteiger partial charge in [0.05, 0.1) is 20.1 Å². The van der Waals surface area contributed by atoms with E-state index in [9.17, 15) is 9.59 Å². The van der Waals surface area contributed by atoms with Crippen LogP contribution in [0.1, 0.15) is 24.8 Å². The first-order valence-corrected chi connectivity index (χ1v) is 10.4. The molecule has 1 fully saturated rings. The third-order valence-corrected chi connectivity index (χ3v) is 5.48. The maximum absolute atomic E-state index is 12.8. The molecule has 0 saturated carbocycles. The lowest BCUT2D eigenvalue weighted by molar-refractivity contribution is -0.140. The number of amides is 2. The van der Waals surface area contributed by atoms with Crippen LogP contribution in [-0.4, -0.2) is 55.5 Å². The number of hydrogen-bond acceptors (Lipinski definition) is 4. The van der Waals surface area contributed by atoms with Crippen molar-refractivity contribution in [3.05, 3.63) is 60.2 Å². The summed E-state index contributed by atoms with van der Waals surface area (Å²) in [5.41, 5.74) is 1.07. The fourth-order valence-electron chi connectivity index (χ4n) is 3.70. The molecule has 3 rings (SSSR count). The number of piperidine rings is 1. The summed E-state index contributed by atoms with van der Waals surface area (Å²) < 4.78 is 10.8. The van der Waals surface area contributed by atoms with Gasteiger partial charge in [-0.15, -0.1) is 0 Å². The summed E-state index contributed by atoms with van der Waals surface area (Å²) in [6.07, 6.45) is 1.76. The van der Waals surface area contributed by atoms with Crippen molar-refractivity contribution in [3.8, 4) is 11.5 Å². The molecule has 0 radical (unpaired) electrons. The quantitative estimate of drug-likeness (QED) is 0.670. The topological polar surface area (TPSA) is 59.1 Å². The highest BCUT2D eigenvalue weighted by molar-refractivity contribution is 5.80. The lowest BCUT2D eigenvalue weighted by Crippen LogP contribution is -2.43. The van der Waals surface area contributed by atoms with E-state index in [-0.39, 0.29) is 17.7 Å². The first kappa shape index (κ1) is 21.7. The molecule has 0 spiro atoms. The zero-order valence-electron chi connectivity index (χ0n) is 17.8. The molecular weight excluding hydrogens is 380 g/mol. The maximum Gasteiger partial charge on any atom is 0.225 e. The van der Waals surface area contributed by atoms with Crippen LogP contribution in [0.2, 0.25) is 0 Å². The van der Waals surface area contributed by atoms with Gasteiger partial charge in [-0.3, -0.25) is 9.59 Å². The number of benzene rings is 2. The maximum atomic E-state index is 12.8. The van der Waals surface area contributed by atoms with Crippen LogP contribution in [-0.2, 0) is 16.1 Å². The van der Waals surface area contributed by atoms with Crippen molar-refractivity contribution in [1.29, 1.82) is 0 Å². The molecule has 2 amide bonds. The molecule has 0 bridgehead atoms. The molecule has 0 N–H and O–H groups in total. The average molecular weight is 411 g/mol. The van der Waals surface area contributed by atoms with Crippen molar-refractivity contribution in [3.63, 3.8) is 0 Å². The molecule has 0 aliphatic carbocycles. The van der Waals surface area contributed by atoms with Crippen LogP contribution in [0.15, 0.2) is 54.6 Å². The number of rotatable bonds is 8. The molecule has 1 heterocycles. The summed E-state index contributed by atoms with van der Waals surface area (Å²) in [6.45, 7) is 2.18. The van der Waals surface area contributed by atoms with Crippen LogP contribution in [0.25, 0.3) is 0 Å². The van der Waals surface area contributed by atoms with Gasteiger partial charge >= 0.3 is 0 Å². The van der Waals surface area contributed by atoms with Crippen LogP contribution in [0.4, 0.5) is 0 Å². The molecule has 2 aromatic rings. The number of carbonyl (C=O) groups excluding carboxylic acids is 2. The predicted molar refractivity (Wildman–Crippen MR) is 115 cm³/mol. The first-order chi connectivity index (χ1) is 14.6. The number of hydrogen-bond donors (Lipinski definition) is 0. The minimum Gasteiger partial charge on any atom is -0.497 e. The van der Waals surface area contributed by atoms with Gasteiger partial charge in [0.2, 0.25) is 11.8 Å². The number of likely N-dealkylation sites (tertiary alicyclic amines) is 1. The van der Waals surface area contributed by atoms with Crippen LogP contribution < -0.4 is 9.47 Å². The Labute approximate surface area is 178 Å². The highest BCUT2D eigenvalue weighted by atomic mass is 16.5. The van der Waals surface area contributed by atoms with Gasteiger partial charge in [-0.1, -0.05) is 30.3 Å². The standard InChI is InChI=1S/C24H30N2O4/c1-25(18-19-8-10-21(29-2)11-9-19)24(28)20-12-15-26(16-13-20)23(27)14-17-30-22-6-4-3-5-7-22/h3-11,20H,12-18H2,1-2H3. The summed E-state index contributed by atoms with van der Waals surface area (Å²) in [6, 6.07) is 17.3. The smallest absolute Gasteiger partial charge is 0.225 e. The third kappa shape index (κ3) is 5.99. The number of para-hydroxylation sites is 1. The van der Waals surface area contributed by atoms with E-state index in [0.717, 1.165) is 17.1 Å². The minimum atomic E-state index is -0.0298. The monoisotopic (exact) mass is 410 g/mol. The Balaban J connectivity index is 1.40. The zero-order chi connectivity index (χ0) is 21.3. The van der Waals surface area contributed by atoms with E-state index in [1.807, 2.05) is 66.5 Å². The van der Waals surface area contributed by atoms with Gasteiger partial charge in [-0.2, -0.15) is 0 Å². The van der Waals surface area contributed by atoms with Crippen LogP contribution in [0.3, 0.4) is 0 Å². The fourth-order valence-corrected chi connectivity index (χ4v) is 3.70. The average Bonchev–Trinajstić information content (AvgIpc) is 2.79. The van der Waals surface area contributed by atoms with E-state index in [4.69, 9.17) is 9.47 Å². The van der Waals surface area contributed by atoms with Gasteiger partial charge < -0.3 is 19.3 Å². The number of carbonyl (C=O) groups is 2. The van der Waals surface area contributed by atoms with Crippen LogP contribution in [0.5, 0.6) is 11.5 Å². The Morgan fingerprint density at radius 3 is 2.30 bits per heavy atom. The van der Waals surface area contributed by atoms with Crippen molar-refractivity contribution in [1.82, 2.24) is 9.80 Å². The van der Waals surface area contributed by atoms with Gasteiger partial charge in [0, 0.05) is 32.6 Å². The van der Waals surface area contributed by atoms with Gasteiger partial charge in [0.15, 0.2) is 0 Å². The molecule has 6 heteroatoms. The van der Waals surface area contributed by atoms with E-state index < -0.39 is 0 Å². The van der Waals surface area contributed by atoms with Crippen molar-refractivity contribution in [2.45, 2.75) is 25.8 Å². The second-order valence-corrected chi connectivity index (χ2v) is 7.61. The molecule has 0 aromatic heterocycles. The van der Waals surface area contributed by atoms with Crippen molar-refractivity contribution in [2.75, 3.05) is 33.9 Å². The summed E-state index contributed by atoms with van der Waals surface area (Å²) in [4.78, 5) is 28.9. The van der Waals surface area contributed by atoms with Gasteiger partial charge in [0.1, 0.15) is 11.5 Å². The van der Waals surface area contributed by atoms with Gasteiger partial charge in [-0.05, 0) is 42.7 Å². The summed E-state index contributed by atoms with van der Waals surface area (Å²) in [7, 11) is 3.48. The highest BCUT2D eigenvalue weighted by Gasteiger charge is 2.29. The molecule has 2 aromatic carbocycles. The van der Waals surface area contributed by atoms with Crippen LogP contribution in [0, 0.1) is 5.92 Å². The van der Waals surface area contributed by atoms with E-state index in [2.05, 4.69) is 0 Å². The van der Waals surface area contributed by atoms with E-state index in [0.29, 0.717) is 45.5 Å². The SMILES string of the molecule is COc1ccc(CN(C)C(=O)C2CCN(C(=O)CCOc3ccccc3)CC2)cc1. The second-order valence-electron chi connectivity index (χ2n) is 7.61. The zero-order valence-corrected chi connectivity index (χ0v) is 17.8. The normalized spacial score (nSPS) is 14.3. The Kier molecular flexibility index (Phi) is 7.71. The Morgan fingerprint density at radius 1 is 1.00 bits per heavy atom. The summed E-state index contributed by atoms with van der Waals surface area (Å²) in [5.74, 6) is 1.78. The lowest BCUT2D eigenvalue weighted by atomic mass is 9.95. The molecule has 1 aliphatic heterocycles. The van der Waals surface area contributed by atoms with E-state index >= 15 is 0 Å². The van der Waals surface area contributed by atoms with E-state index in [1.165, 1.54) is 0 Å². The number of ether oxygens (including phenoxy) is 2. The second kappa shape index (κ2) is 10.7. The molecule has 6 nitrogen and oxygen atoms in total. The molecule has 30 heavy (non-hydrogen) atoms. The fraction of sp³-hybridized carbons (Fsp3) is 0.417. The minimum absolute atomic E-state index is 0.0298. The highest BCUT2D eigenvalue weighted by Crippen LogP contribution is 2.21. The van der Waals surface area contributed by atoms with Crippen molar-refractivity contribution < 1.29 is 19.1 Å². The predicted octanol–water partition coefficient (Wildman–Crippen LogP) is 3.36. The Bertz CT molecular complexity index is 815. The third-order valence-electron chi connectivity index (χ3n) is 5.48. The van der Waals surface area contributed by atoms with Gasteiger partial charge in [-0.25, -0.2) is 0 Å². The Hall–Kier alpha value is -3.02. The number of nitrogens with zero attached hydrogens (tertiary/aromatic N) is 2. The summed E-state index contributed by atoms with van der Waals surface area (Å²) >= 11 is 0. The molecule has 1 aliphatic rings. The first-order valence-electron chi connectivity index (χ1n) is 10.4. The van der Waals surface area contributed by atoms with Gasteiger partial charge in [0.25, 0.3) is 0 Å². The van der Waals surface area contributed by atoms with Crippen molar-refractivity contribution in [2.24, 2.45) is 5.92 Å². The molecule has 0 unspecified atom stereocenters. The van der Waals surface area contributed by atoms with E-state index in [1.54, 1.807) is 12.0 Å². The van der Waals surface area contributed by atoms with Crippen LogP contribution >= 0.6 is 0 Å². The van der Waals surface area contributed by atoms with Crippen molar-refractivity contribution >= 4 is 11.8 Å². The summed E-state index contributed by atoms with van der Waals surface area (Å²) in [5, 5.41) is 0. The number of methoxy groups -OCH3 is 1. The largest absolute Gasteiger partial charge is 0.497 e.